The van der Waals surface area contributed by atoms with Crippen molar-refractivity contribution in [3.05, 3.63) is 24.3 Å². The minimum Gasteiger partial charge on any atom is -0.494 e. The van der Waals surface area contributed by atoms with Crippen molar-refractivity contribution >= 4 is 27.4 Å². The Morgan fingerprint density at radius 3 is 2.25 bits per heavy atom. The molecule has 1 aromatic rings. The van der Waals surface area contributed by atoms with Crippen molar-refractivity contribution in [3.63, 3.8) is 0 Å². The van der Waals surface area contributed by atoms with E-state index in [0.717, 1.165) is 0 Å². The summed E-state index contributed by atoms with van der Waals surface area (Å²) in [6.07, 6.45) is 0.439. The average Bonchev–Trinajstić information content (AvgIpc) is 2.43. The molecule has 0 heterocycles. The molecule has 0 atom stereocenters. The van der Waals surface area contributed by atoms with E-state index in [-0.39, 0.29) is 13.0 Å². The van der Waals surface area contributed by atoms with Gasteiger partial charge in [0, 0.05) is 12.1 Å². The predicted octanol–water partition coefficient (Wildman–Crippen LogP) is 2.08. The van der Waals surface area contributed by atoms with Gasteiger partial charge in [0.05, 0.1) is 11.4 Å². The molecule has 0 radical (unpaired) electrons. The van der Waals surface area contributed by atoms with E-state index < -0.39 is 32.2 Å². The molecule has 0 aromatic heterocycles. The summed E-state index contributed by atoms with van der Waals surface area (Å²) in [5.74, 6) is -1.51. The van der Waals surface area contributed by atoms with Crippen LogP contribution in [0.4, 0.5) is 5.69 Å². The Balaban J connectivity index is 2.52. The smallest absolute Gasteiger partial charge is 0.303 e. The number of hydrogen-bond donors (Lipinski definition) is 2. The molecule has 0 bridgehead atoms. The lowest BCUT2D eigenvalue weighted by molar-refractivity contribution is -0.137. The van der Waals surface area contributed by atoms with Gasteiger partial charge in [-0.2, -0.15) is 0 Å². The third-order valence-corrected chi connectivity index (χ3v) is 5.70. The first-order chi connectivity index (χ1) is 11.0. The Hall–Kier alpha value is -2.09. The van der Waals surface area contributed by atoms with Gasteiger partial charge in [0.1, 0.15) is 11.5 Å². The Labute approximate surface area is 141 Å². The van der Waals surface area contributed by atoms with Crippen molar-refractivity contribution in [2.24, 2.45) is 0 Å². The minimum atomic E-state index is -3.53. The topological polar surface area (TPSA) is 110 Å². The molecule has 0 spiro atoms. The molecule has 0 aliphatic carbocycles. The lowest BCUT2D eigenvalue weighted by atomic mass is 10.3. The molecule has 1 aromatic carbocycles. The van der Waals surface area contributed by atoms with Crippen molar-refractivity contribution in [1.82, 2.24) is 0 Å². The molecule has 24 heavy (non-hydrogen) atoms. The number of benzene rings is 1. The summed E-state index contributed by atoms with van der Waals surface area (Å²) in [6.45, 7) is 4.92. The molecule has 0 saturated carbocycles. The van der Waals surface area contributed by atoms with E-state index in [1.54, 1.807) is 45.0 Å². The Kier molecular flexibility index (Phi) is 6.77. The fourth-order valence-corrected chi connectivity index (χ4v) is 2.48. The fourth-order valence-electron chi connectivity index (χ4n) is 1.63. The number of amides is 1. The molecule has 7 nitrogen and oxygen atoms in total. The number of ether oxygens (including phenoxy) is 1. The maximum absolute atomic E-state index is 12.0. The zero-order valence-corrected chi connectivity index (χ0v) is 14.9. The Morgan fingerprint density at radius 1 is 1.17 bits per heavy atom. The van der Waals surface area contributed by atoms with Gasteiger partial charge in [0.2, 0.25) is 5.91 Å². The number of rotatable bonds is 8. The van der Waals surface area contributed by atoms with E-state index in [9.17, 15) is 18.0 Å². The molecule has 0 saturated heterocycles. The summed E-state index contributed by atoms with van der Waals surface area (Å²) in [4.78, 5) is 22.2. The van der Waals surface area contributed by atoms with Crippen LogP contribution in [-0.4, -0.2) is 42.5 Å². The van der Waals surface area contributed by atoms with Gasteiger partial charge in [-0.1, -0.05) is 0 Å². The number of carboxylic acid groups (broad SMARTS) is 1. The van der Waals surface area contributed by atoms with Crippen molar-refractivity contribution in [2.45, 2.75) is 38.4 Å². The zero-order chi connectivity index (χ0) is 18.4. The summed E-state index contributed by atoms with van der Waals surface area (Å²) in [5.41, 5.74) is 0.460. The first-order valence-corrected chi connectivity index (χ1v) is 9.13. The molecule has 0 fully saturated rings. The van der Waals surface area contributed by atoms with Gasteiger partial charge in [-0.25, -0.2) is 8.42 Å². The molecule has 2 N–H and O–H groups in total. The van der Waals surface area contributed by atoms with Crippen molar-refractivity contribution in [1.29, 1.82) is 0 Å². The molecule has 8 heteroatoms. The zero-order valence-electron chi connectivity index (χ0n) is 14.0. The monoisotopic (exact) mass is 357 g/mol. The van der Waals surface area contributed by atoms with E-state index in [1.165, 1.54) is 0 Å². The number of aliphatic carboxylic acids is 1. The molecule has 1 amide bonds. The highest BCUT2D eigenvalue weighted by molar-refractivity contribution is 7.93. The number of carbonyl (C=O) groups excluding carboxylic acids is 1. The highest BCUT2D eigenvalue weighted by atomic mass is 32.2. The normalized spacial score (nSPS) is 11.8. The number of carbonyl (C=O) groups is 2. The fraction of sp³-hybridized carbons (Fsp3) is 0.500. The van der Waals surface area contributed by atoms with Crippen LogP contribution < -0.4 is 10.1 Å². The molecule has 0 aliphatic rings. The Morgan fingerprint density at radius 2 is 1.75 bits per heavy atom. The van der Waals surface area contributed by atoms with Crippen molar-refractivity contribution in [2.75, 3.05) is 17.7 Å². The average molecular weight is 357 g/mol. The highest BCUT2D eigenvalue weighted by Crippen LogP contribution is 2.18. The van der Waals surface area contributed by atoms with Crippen LogP contribution in [0.2, 0.25) is 0 Å². The Bertz CT molecular complexity index is 674. The first kappa shape index (κ1) is 20.0. The number of anilines is 1. The summed E-state index contributed by atoms with van der Waals surface area (Å²) in [6, 6.07) is 6.42. The van der Waals surface area contributed by atoms with E-state index in [4.69, 9.17) is 9.84 Å². The van der Waals surface area contributed by atoms with E-state index in [1.807, 2.05) is 0 Å². The second-order valence-corrected chi connectivity index (χ2v) is 9.03. The lowest BCUT2D eigenvalue weighted by Crippen LogP contribution is -2.35. The van der Waals surface area contributed by atoms with Crippen LogP contribution in [0.3, 0.4) is 0 Å². The third kappa shape index (κ3) is 6.57. The summed E-state index contributed by atoms with van der Waals surface area (Å²) >= 11 is 0. The van der Waals surface area contributed by atoms with Gasteiger partial charge in [-0.05, 0) is 51.5 Å². The molecule has 0 unspecified atom stereocenters. The predicted molar refractivity (Wildman–Crippen MR) is 91.0 cm³/mol. The summed E-state index contributed by atoms with van der Waals surface area (Å²) in [7, 11) is -3.53. The SMILES string of the molecule is CC(C)(C)S(=O)(=O)CC(=O)Nc1ccc(OCCCC(=O)O)cc1. The van der Waals surface area contributed by atoms with Gasteiger partial charge >= 0.3 is 5.97 Å². The maximum Gasteiger partial charge on any atom is 0.303 e. The lowest BCUT2D eigenvalue weighted by Gasteiger charge is -2.18. The van der Waals surface area contributed by atoms with Crippen LogP contribution in [-0.2, 0) is 19.4 Å². The summed E-state index contributed by atoms with van der Waals surface area (Å²) < 4.78 is 28.3. The van der Waals surface area contributed by atoms with E-state index in [2.05, 4.69) is 5.32 Å². The molecule has 0 aliphatic heterocycles. The number of hydrogen-bond acceptors (Lipinski definition) is 5. The second-order valence-electron chi connectivity index (χ2n) is 6.29. The first-order valence-electron chi connectivity index (χ1n) is 7.48. The largest absolute Gasteiger partial charge is 0.494 e. The molecule has 134 valence electrons. The maximum atomic E-state index is 12.0. The number of carboxylic acids is 1. The van der Waals surface area contributed by atoms with Crippen LogP contribution in [0, 0.1) is 0 Å². The van der Waals surface area contributed by atoms with Crippen molar-refractivity contribution in [3.8, 4) is 5.75 Å². The number of sulfone groups is 1. The summed E-state index contributed by atoms with van der Waals surface area (Å²) in [5, 5.41) is 11.1. The highest BCUT2D eigenvalue weighted by Gasteiger charge is 2.31. The van der Waals surface area contributed by atoms with Crippen LogP contribution in [0.25, 0.3) is 0 Å². The minimum absolute atomic E-state index is 0.0381. The standard InChI is InChI=1S/C16H23NO6S/c1-16(2,3)24(21,22)11-14(18)17-12-6-8-13(9-7-12)23-10-4-5-15(19)20/h6-9H,4-5,10-11H2,1-3H3,(H,17,18)(H,19,20). The van der Waals surface area contributed by atoms with Crippen molar-refractivity contribution < 1.29 is 27.9 Å². The number of nitrogens with one attached hydrogen (secondary N) is 1. The molecular formula is C16H23NO6S. The van der Waals surface area contributed by atoms with Crippen LogP contribution in [0.15, 0.2) is 24.3 Å². The van der Waals surface area contributed by atoms with Gasteiger partial charge in [0.15, 0.2) is 9.84 Å². The quantitative estimate of drug-likeness (QED) is 0.689. The van der Waals surface area contributed by atoms with Crippen LogP contribution in [0.1, 0.15) is 33.6 Å². The van der Waals surface area contributed by atoms with Gasteiger partial charge in [-0.3, -0.25) is 9.59 Å². The van der Waals surface area contributed by atoms with Crippen LogP contribution >= 0.6 is 0 Å². The molecule has 1 rings (SSSR count). The van der Waals surface area contributed by atoms with Gasteiger partial charge < -0.3 is 15.2 Å². The van der Waals surface area contributed by atoms with Gasteiger partial charge in [-0.15, -0.1) is 0 Å². The van der Waals surface area contributed by atoms with E-state index in [0.29, 0.717) is 17.9 Å². The second kappa shape index (κ2) is 8.14. The van der Waals surface area contributed by atoms with Crippen LogP contribution in [0.5, 0.6) is 5.75 Å². The molecular weight excluding hydrogens is 334 g/mol. The van der Waals surface area contributed by atoms with E-state index >= 15 is 0 Å². The van der Waals surface area contributed by atoms with Gasteiger partial charge in [0.25, 0.3) is 0 Å². The third-order valence-electron chi connectivity index (χ3n) is 3.20.